The molecule has 1 aromatic carbocycles. The van der Waals surface area contributed by atoms with Crippen LogP contribution in [0.15, 0.2) is 48.8 Å². The summed E-state index contributed by atoms with van der Waals surface area (Å²) in [5, 5.41) is 2.88. The summed E-state index contributed by atoms with van der Waals surface area (Å²) in [5.74, 6) is 0.989. The molecule has 0 aliphatic heterocycles. The number of aromatic nitrogens is 1. The van der Waals surface area contributed by atoms with Crippen LogP contribution in [-0.4, -0.2) is 17.0 Å². The van der Waals surface area contributed by atoms with Crippen LogP contribution in [0, 0.1) is 0 Å². The first-order chi connectivity index (χ1) is 10.6. The summed E-state index contributed by atoms with van der Waals surface area (Å²) in [6, 6.07) is 11.6. The topological polar surface area (TPSA) is 51.2 Å². The van der Waals surface area contributed by atoms with E-state index < -0.39 is 6.10 Å². The number of amides is 1. The SMILES string of the molecule is CC(C)c1ccccc1O[C@@H](C)C(=O)NCc1ccncc1. The lowest BCUT2D eigenvalue weighted by Crippen LogP contribution is -2.36. The number of hydrogen-bond acceptors (Lipinski definition) is 3. The van der Waals surface area contributed by atoms with Gasteiger partial charge in [0.25, 0.3) is 5.91 Å². The quantitative estimate of drug-likeness (QED) is 0.890. The Hall–Kier alpha value is -2.36. The molecule has 22 heavy (non-hydrogen) atoms. The van der Waals surface area contributed by atoms with Crippen LogP contribution in [-0.2, 0) is 11.3 Å². The third-order valence-electron chi connectivity index (χ3n) is 3.43. The van der Waals surface area contributed by atoms with Crippen molar-refractivity contribution in [3.63, 3.8) is 0 Å². The molecule has 0 fully saturated rings. The van der Waals surface area contributed by atoms with Gasteiger partial charge in [-0.2, -0.15) is 0 Å². The van der Waals surface area contributed by atoms with E-state index >= 15 is 0 Å². The minimum absolute atomic E-state index is 0.129. The zero-order chi connectivity index (χ0) is 15.9. The van der Waals surface area contributed by atoms with Crippen molar-refractivity contribution in [2.45, 2.75) is 39.3 Å². The number of hydrogen-bond donors (Lipinski definition) is 1. The molecule has 0 spiro atoms. The number of rotatable bonds is 6. The van der Waals surface area contributed by atoms with Crippen molar-refractivity contribution in [2.75, 3.05) is 0 Å². The van der Waals surface area contributed by atoms with Crippen LogP contribution in [0.1, 0.15) is 37.8 Å². The molecule has 1 aromatic heterocycles. The summed E-state index contributed by atoms with van der Waals surface area (Å²) in [6.07, 6.45) is 2.88. The molecular formula is C18H22N2O2. The minimum Gasteiger partial charge on any atom is -0.481 e. The van der Waals surface area contributed by atoms with Gasteiger partial charge >= 0.3 is 0 Å². The Labute approximate surface area is 131 Å². The number of benzene rings is 1. The Morgan fingerprint density at radius 2 is 1.82 bits per heavy atom. The predicted octanol–water partition coefficient (Wildman–Crippen LogP) is 3.29. The van der Waals surface area contributed by atoms with Gasteiger partial charge in [-0.15, -0.1) is 0 Å². The van der Waals surface area contributed by atoms with E-state index in [1.165, 1.54) is 0 Å². The second-order valence-corrected chi connectivity index (χ2v) is 5.53. The molecule has 0 saturated heterocycles. The molecule has 0 aliphatic rings. The molecule has 0 aliphatic carbocycles. The Kier molecular flexibility index (Phi) is 5.53. The van der Waals surface area contributed by atoms with Crippen LogP contribution in [0.25, 0.3) is 0 Å². The smallest absolute Gasteiger partial charge is 0.261 e. The number of carbonyl (C=O) groups is 1. The van der Waals surface area contributed by atoms with Crippen LogP contribution >= 0.6 is 0 Å². The van der Waals surface area contributed by atoms with Crippen molar-refractivity contribution in [1.82, 2.24) is 10.3 Å². The first-order valence-corrected chi connectivity index (χ1v) is 7.50. The van der Waals surface area contributed by atoms with Crippen LogP contribution < -0.4 is 10.1 Å². The first kappa shape index (κ1) is 16.0. The lowest BCUT2D eigenvalue weighted by molar-refractivity contribution is -0.127. The van der Waals surface area contributed by atoms with E-state index in [1.807, 2.05) is 36.4 Å². The highest BCUT2D eigenvalue weighted by Gasteiger charge is 2.16. The van der Waals surface area contributed by atoms with Crippen molar-refractivity contribution in [2.24, 2.45) is 0 Å². The summed E-state index contributed by atoms with van der Waals surface area (Å²) in [7, 11) is 0. The standard InChI is InChI=1S/C18H22N2O2/c1-13(2)16-6-4-5-7-17(16)22-14(3)18(21)20-12-15-8-10-19-11-9-15/h4-11,13-14H,12H2,1-3H3,(H,20,21)/t14-/m0/s1. The van der Waals surface area contributed by atoms with Gasteiger partial charge in [0.1, 0.15) is 5.75 Å². The van der Waals surface area contributed by atoms with Gasteiger partial charge < -0.3 is 10.1 Å². The van der Waals surface area contributed by atoms with E-state index in [1.54, 1.807) is 19.3 Å². The zero-order valence-corrected chi connectivity index (χ0v) is 13.2. The highest BCUT2D eigenvalue weighted by atomic mass is 16.5. The number of para-hydroxylation sites is 1. The summed E-state index contributed by atoms with van der Waals surface area (Å²) in [4.78, 5) is 16.1. The van der Waals surface area contributed by atoms with Crippen LogP contribution in [0.2, 0.25) is 0 Å². The van der Waals surface area contributed by atoms with E-state index in [0.29, 0.717) is 12.5 Å². The maximum Gasteiger partial charge on any atom is 0.261 e. The van der Waals surface area contributed by atoms with Crippen molar-refractivity contribution in [3.05, 3.63) is 59.9 Å². The second kappa shape index (κ2) is 7.59. The third kappa shape index (κ3) is 4.32. The van der Waals surface area contributed by atoms with Crippen LogP contribution in [0.5, 0.6) is 5.75 Å². The van der Waals surface area contributed by atoms with Gasteiger partial charge in [0.05, 0.1) is 0 Å². The fourth-order valence-electron chi connectivity index (χ4n) is 2.14. The largest absolute Gasteiger partial charge is 0.481 e. The number of ether oxygens (including phenoxy) is 1. The molecule has 4 nitrogen and oxygen atoms in total. The van der Waals surface area contributed by atoms with Crippen LogP contribution in [0.4, 0.5) is 0 Å². The Bertz CT molecular complexity index is 611. The molecule has 1 N–H and O–H groups in total. The molecule has 1 atom stereocenters. The van der Waals surface area contributed by atoms with Gasteiger partial charge in [-0.05, 0) is 42.2 Å². The molecule has 1 heterocycles. The highest BCUT2D eigenvalue weighted by molar-refractivity contribution is 5.80. The van der Waals surface area contributed by atoms with Gasteiger partial charge in [0, 0.05) is 18.9 Å². The average Bonchev–Trinajstić information content (AvgIpc) is 2.53. The molecule has 4 heteroatoms. The number of pyridine rings is 1. The fraction of sp³-hybridized carbons (Fsp3) is 0.333. The summed E-state index contributed by atoms with van der Waals surface area (Å²) in [5.41, 5.74) is 2.12. The van der Waals surface area contributed by atoms with Crippen molar-refractivity contribution in [3.8, 4) is 5.75 Å². The number of nitrogens with one attached hydrogen (secondary N) is 1. The van der Waals surface area contributed by atoms with Gasteiger partial charge in [-0.25, -0.2) is 0 Å². The van der Waals surface area contributed by atoms with Gasteiger partial charge in [-0.1, -0.05) is 32.0 Å². The van der Waals surface area contributed by atoms with Gasteiger partial charge in [0.2, 0.25) is 0 Å². The summed E-state index contributed by atoms with van der Waals surface area (Å²) >= 11 is 0. The molecule has 116 valence electrons. The molecule has 2 aromatic rings. The highest BCUT2D eigenvalue weighted by Crippen LogP contribution is 2.26. The third-order valence-corrected chi connectivity index (χ3v) is 3.43. The lowest BCUT2D eigenvalue weighted by atomic mass is 10.0. The zero-order valence-electron chi connectivity index (χ0n) is 13.2. The van der Waals surface area contributed by atoms with E-state index in [9.17, 15) is 4.79 Å². The monoisotopic (exact) mass is 298 g/mol. The Morgan fingerprint density at radius 3 is 2.50 bits per heavy atom. The predicted molar refractivity (Wildman–Crippen MR) is 86.7 cm³/mol. The molecule has 1 amide bonds. The minimum atomic E-state index is -0.540. The Morgan fingerprint density at radius 1 is 1.14 bits per heavy atom. The average molecular weight is 298 g/mol. The maximum atomic E-state index is 12.2. The molecule has 0 unspecified atom stereocenters. The number of nitrogens with zero attached hydrogens (tertiary/aromatic N) is 1. The van der Waals surface area contributed by atoms with E-state index in [0.717, 1.165) is 16.9 Å². The molecule has 0 bridgehead atoms. The number of carbonyl (C=O) groups excluding carboxylic acids is 1. The lowest BCUT2D eigenvalue weighted by Gasteiger charge is -2.18. The van der Waals surface area contributed by atoms with Gasteiger partial charge in [0.15, 0.2) is 6.10 Å². The van der Waals surface area contributed by atoms with E-state index in [4.69, 9.17) is 4.74 Å². The van der Waals surface area contributed by atoms with Crippen molar-refractivity contribution in [1.29, 1.82) is 0 Å². The Balaban J connectivity index is 1.94. The van der Waals surface area contributed by atoms with Crippen molar-refractivity contribution >= 4 is 5.91 Å². The van der Waals surface area contributed by atoms with Crippen molar-refractivity contribution < 1.29 is 9.53 Å². The molecule has 0 saturated carbocycles. The van der Waals surface area contributed by atoms with E-state index in [-0.39, 0.29) is 5.91 Å². The first-order valence-electron chi connectivity index (χ1n) is 7.50. The maximum absolute atomic E-state index is 12.2. The van der Waals surface area contributed by atoms with E-state index in [2.05, 4.69) is 24.1 Å². The second-order valence-electron chi connectivity index (χ2n) is 5.53. The normalized spacial score (nSPS) is 12.0. The summed E-state index contributed by atoms with van der Waals surface area (Å²) in [6.45, 7) is 6.45. The molecule has 2 rings (SSSR count). The van der Waals surface area contributed by atoms with Crippen LogP contribution in [0.3, 0.4) is 0 Å². The fourth-order valence-corrected chi connectivity index (χ4v) is 2.14. The van der Waals surface area contributed by atoms with Gasteiger partial charge in [-0.3, -0.25) is 9.78 Å². The summed E-state index contributed by atoms with van der Waals surface area (Å²) < 4.78 is 5.83. The molecular weight excluding hydrogens is 276 g/mol. The molecule has 0 radical (unpaired) electrons.